The minimum Gasteiger partial charge on any atom is -0.399 e. The van der Waals surface area contributed by atoms with Crippen molar-refractivity contribution in [1.29, 1.82) is 0 Å². The van der Waals surface area contributed by atoms with Gasteiger partial charge in [0.1, 0.15) is 0 Å². The summed E-state index contributed by atoms with van der Waals surface area (Å²) in [5.74, 6) is 0. The largest absolute Gasteiger partial charge is 0.495 e. The third-order valence-electron chi connectivity index (χ3n) is 9.01. The Kier molecular flexibility index (Phi) is 9.51. The third-order valence-corrected chi connectivity index (χ3v) is 9.01. The maximum Gasteiger partial charge on any atom is 0.495 e. The zero-order valence-electron chi connectivity index (χ0n) is 25.0. The summed E-state index contributed by atoms with van der Waals surface area (Å²) in [7, 11) is -0.698. The van der Waals surface area contributed by atoms with Gasteiger partial charge in [-0.15, -0.1) is 0 Å². The van der Waals surface area contributed by atoms with Gasteiger partial charge in [0.05, 0.1) is 22.4 Å². The van der Waals surface area contributed by atoms with E-state index in [0.29, 0.717) is 0 Å². The molecular formula is C30H52B2O4. The van der Waals surface area contributed by atoms with Gasteiger partial charge in [0.25, 0.3) is 0 Å². The molecular weight excluding hydrogens is 446 g/mol. The molecule has 6 heteroatoms. The van der Waals surface area contributed by atoms with Crippen LogP contribution in [0, 0.1) is 0 Å². The molecule has 2 heterocycles. The van der Waals surface area contributed by atoms with Gasteiger partial charge in [0.2, 0.25) is 0 Å². The molecule has 1 aromatic rings. The van der Waals surface area contributed by atoms with Crippen molar-refractivity contribution in [2.45, 2.75) is 156 Å². The fourth-order valence-electron chi connectivity index (χ4n) is 5.02. The molecule has 0 radical (unpaired) electrons. The molecule has 2 aliphatic heterocycles. The Morgan fingerprint density at radius 2 is 0.806 bits per heavy atom. The molecule has 2 fully saturated rings. The highest BCUT2D eigenvalue weighted by molar-refractivity contribution is 6.65. The Hall–Kier alpha value is -0.810. The first-order valence-corrected chi connectivity index (χ1v) is 14.6. The zero-order valence-corrected chi connectivity index (χ0v) is 25.0. The zero-order chi connectivity index (χ0) is 26.8. The van der Waals surface area contributed by atoms with Crippen molar-refractivity contribution in [2.75, 3.05) is 0 Å². The fourth-order valence-corrected chi connectivity index (χ4v) is 5.02. The maximum absolute atomic E-state index is 6.56. The van der Waals surface area contributed by atoms with Crippen molar-refractivity contribution in [1.82, 2.24) is 0 Å². The van der Waals surface area contributed by atoms with Gasteiger partial charge < -0.3 is 18.6 Å². The molecule has 1 aromatic carbocycles. The van der Waals surface area contributed by atoms with Crippen LogP contribution in [0.3, 0.4) is 0 Å². The first-order valence-electron chi connectivity index (χ1n) is 14.6. The van der Waals surface area contributed by atoms with Crippen LogP contribution in [0.5, 0.6) is 0 Å². The average molecular weight is 498 g/mol. The van der Waals surface area contributed by atoms with E-state index in [9.17, 15) is 0 Å². The van der Waals surface area contributed by atoms with E-state index >= 15 is 0 Å². The fraction of sp³-hybridized carbons (Fsp3) is 0.800. The molecule has 0 amide bonds. The predicted molar refractivity (Wildman–Crippen MR) is 154 cm³/mol. The van der Waals surface area contributed by atoms with Crippen LogP contribution in [0.1, 0.15) is 132 Å². The predicted octanol–water partition coefficient (Wildman–Crippen LogP) is 6.53. The Morgan fingerprint density at radius 3 is 1.08 bits per heavy atom. The maximum atomic E-state index is 6.56. The van der Waals surface area contributed by atoms with Gasteiger partial charge in [-0.3, -0.25) is 0 Å². The van der Waals surface area contributed by atoms with Crippen molar-refractivity contribution in [3.05, 3.63) is 23.3 Å². The van der Waals surface area contributed by atoms with E-state index < -0.39 is 0 Å². The van der Waals surface area contributed by atoms with E-state index in [0.717, 1.165) is 12.8 Å². The first kappa shape index (κ1) is 29.7. The monoisotopic (exact) mass is 498 g/mol. The molecule has 2 aliphatic rings. The van der Waals surface area contributed by atoms with Crippen LogP contribution in [0.4, 0.5) is 0 Å². The van der Waals surface area contributed by atoms with Gasteiger partial charge in [-0.2, -0.15) is 0 Å². The normalized spacial score (nSPS) is 21.9. The molecule has 0 bridgehead atoms. The van der Waals surface area contributed by atoms with Crippen LogP contribution >= 0.6 is 0 Å². The molecule has 0 unspecified atom stereocenters. The van der Waals surface area contributed by atoms with E-state index in [2.05, 4.69) is 81.4 Å². The van der Waals surface area contributed by atoms with Gasteiger partial charge in [-0.05, 0) is 103 Å². The summed E-state index contributed by atoms with van der Waals surface area (Å²) in [5.41, 5.74) is 3.57. The molecule has 36 heavy (non-hydrogen) atoms. The summed E-state index contributed by atoms with van der Waals surface area (Å²) in [6.45, 7) is 21.6. The lowest BCUT2D eigenvalue weighted by atomic mass is 9.67. The second kappa shape index (κ2) is 11.5. The Morgan fingerprint density at radius 1 is 0.500 bits per heavy atom. The second-order valence-corrected chi connectivity index (χ2v) is 13.0. The highest BCUT2D eigenvalue weighted by Gasteiger charge is 2.54. The summed E-state index contributed by atoms with van der Waals surface area (Å²) in [6, 6.07) is 4.73. The van der Waals surface area contributed by atoms with Crippen molar-refractivity contribution >= 4 is 25.2 Å². The van der Waals surface area contributed by atoms with Crippen molar-refractivity contribution in [3.63, 3.8) is 0 Å². The van der Waals surface area contributed by atoms with Crippen LogP contribution in [0.2, 0.25) is 0 Å². The van der Waals surface area contributed by atoms with Crippen molar-refractivity contribution < 1.29 is 18.6 Å². The summed E-state index contributed by atoms with van der Waals surface area (Å²) >= 11 is 0. The van der Waals surface area contributed by atoms with E-state index in [-0.39, 0.29) is 36.6 Å². The molecule has 2 saturated heterocycles. The Bertz CT molecular complexity index is 774. The summed E-state index contributed by atoms with van der Waals surface area (Å²) < 4.78 is 26.3. The van der Waals surface area contributed by atoms with Crippen LogP contribution in [0.15, 0.2) is 12.1 Å². The van der Waals surface area contributed by atoms with Gasteiger partial charge >= 0.3 is 14.2 Å². The van der Waals surface area contributed by atoms with Crippen LogP contribution in [0.25, 0.3) is 0 Å². The SMILES string of the molecule is CCCCCCc1cc(B2OC(C)(C)C(C)(C)O2)c(CCCCCC)cc1B1OC(C)(C)C(C)(C)O1. The number of hydrogen-bond acceptors (Lipinski definition) is 4. The lowest BCUT2D eigenvalue weighted by Crippen LogP contribution is -2.43. The molecule has 0 saturated carbocycles. The van der Waals surface area contributed by atoms with Crippen LogP contribution < -0.4 is 10.9 Å². The lowest BCUT2D eigenvalue weighted by Gasteiger charge is -2.32. The lowest BCUT2D eigenvalue weighted by molar-refractivity contribution is 0.00578. The third kappa shape index (κ3) is 6.42. The number of benzene rings is 1. The molecule has 0 aromatic heterocycles. The number of hydrogen-bond donors (Lipinski definition) is 0. The number of aryl methyl sites for hydroxylation is 2. The van der Waals surface area contributed by atoms with Crippen LogP contribution in [-0.4, -0.2) is 36.6 Å². The van der Waals surface area contributed by atoms with Crippen molar-refractivity contribution in [3.8, 4) is 0 Å². The number of unbranched alkanes of at least 4 members (excludes halogenated alkanes) is 6. The van der Waals surface area contributed by atoms with Crippen LogP contribution in [-0.2, 0) is 31.5 Å². The highest BCUT2D eigenvalue weighted by Crippen LogP contribution is 2.38. The van der Waals surface area contributed by atoms with Crippen molar-refractivity contribution in [2.24, 2.45) is 0 Å². The topological polar surface area (TPSA) is 36.9 Å². The molecule has 0 aliphatic carbocycles. The second-order valence-electron chi connectivity index (χ2n) is 13.0. The standard InChI is InChI=1S/C30H52B2O4/c1-11-13-15-17-19-23-21-26(32-35-29(7,8)30(9,10)36-32)24(20-18-16-14-12-2)22-25(23)31-33-27(3,4)28(5,6)34-31/h21-22H,11-20H2,1-10H3. The number of rotatable bonds is 12. The first-order chi connectivity index (χ1) is 16.7. The molecule has 0 atom stereocenters. The Labute approximate surface area is 222 Å². The summed E-state index contributed by atoms with van der Waals surface area (Å²) in [6.07, 6.45) is 11.9. The highest BCUT2D eigenvalue weighted by atomic mass is 16.7. The van der Waals surface area contributed by atoms with Gasteiger partial charge in [0, 0.05) is 0 Å². The van der Waals surface area contributed by atoms with E-state index in [4.69, 9.17) is 18.6 Å². The molecule has 0 spiro atoms. The minimum atomic E-state index is -0.358. The molecule has 4 nitrogen and oxygen atoms in total. The summed E-state index contributed by atoms with van der Waals surface area (Å²) in [4.78, 5) is 0. The van der Waals surface area contributed by atoms with E-state index in [1.165, 1.54) is 73.4 Å². The van der Waals surface area contributed by atoms with E-state index in [1.807, 2.05) is 0 Å². The quantitative estimate of drug-likeness (QED) is 0.243. The van der Waals surface area contributed by atoms with E-state index in [1.54, 1.807) is 0 Å². The van der Waals surface area contributed by atoms with Gasteiger partial charge in [0.15, 0.2) is 0 Å². The molecule has 0 N–H and O–H groups in total. The molecule has 3 rings (SSSR count). The molecule has 202 valence electrons. The van der Waals surface area contributed by atoms with Gasteiger partial charge in [-0.1, -0.05) is 64.5 Å². The summed E-state index contributed by atoms with van der Waals surface area (Å²) in [5, 5.41) is 0. The average Bonchev–Trinajstić information content (AvgIpc) is 3.13. The Balaban J connectivity index is 2.02. The van der Waals surface area contributed by atoms with Gasteiger partial charge in [-0.25, -0.2) is 0 Å². The minimum absolute atomic E-state index is 0.349. The smallest absolute Gasteiger partial charge is 0.399 e.